The van der Waals surface area contributed by atoms with E-state index < -0.39 is 0 Å². The van der Waals surface area contributed by atoms with Crippen molar-refractivity contribution in [2.75, 3.05) is 26.8 Å². The van der Waals surface area contributed by atoms with Gasteiger partial charge in [-0.2, -0.15) is 0 Å². The van der Waals surface area contributed by atoms with Crippen molar-refractivity contribution in [1.29, 1.82) is 0 Å². The molecule has 6 heteroatoms. The molecule has 1 aliphatic rings. The normalized spacial score (nSPS) is 17.5. The van der Waals surface area contributed by atoms with E-state index >= 15 is 0 Å². The van der Waals surface area contributed by atoms with Gasteiger partial charge in [-0.1, -0.05) is 19.9 Å². The third kappa shape index (κ3) is 7.04. The molecule has 148 valence electrons. The number of ether oxygens (including phenoxy) is 2. The Bertz CT molecular complexity index is 560. The molecule has 1 amide bonds. The summed E-state index contributed by atoms with van der Waals surface area (Å²) in [6, 6.07) is 5.80. The van der Waals surface area contributed by atoms with Crippen LogP contribution < -0.4 is 20.1 Å². The molecule has 0 aliphatic carbocycles. The summed E-state index contributed by atoms with van der Waals surface area (Å²) in [5, 5.41) is 6.43. The van der Waals surface area contributed by atoms with Crippen LogP contribution in [-0.2, 0) is 4.79 Å². The molecule has 1 fully saturated rings. The van der Waals surface area contributed by atoms with Gasteiger partial charge in [-0.15, -0.1) is 12.4 Å². The molecule has 2 atom stereocenters. The van der Waals surface area contributed by atoms with E-state index in [-0.39, 0.29) is 24.4 Å². The molecule has 26 heavy (non-hydrogen) atoms. The molecule has 1 aromatic carbocycles. The van der Waals surface area contributed by atoms with Crippen LogP contribution in [0.25, 0.3) is 0 Å². The summed E-state index contributed by atoms with van der Waals surface area (Å²) >= 11 is 0. The standard InChI is InChI=1S/C20H32N2O3.ClH/c1-14(2)13-25-18-7-6-17(11-19(18)24-4)15(3)22-20(23)8-5-16-9-10-21-12-16;/h6-7,11,14-16,21H,5,8-10,12-13H2,1-4H3,(H,22,23);1H. The van der Waals surface area contributed by atoms with Crippen LogP contribution in [0, 0.1) is 11.8 Å². The van der Waals surface area contributed by atoms with E-state index in [2.05, 4.69) is 24.5 Å². The third-order valence-electron chi connectivity index (χ3n) is 4.58. The maximum atomic E-state index is 12.2. The van der Waals surface area contributed by atoms with Gasteiger partial charge in [0.15, 0.2) is 11.5 Å². The van der Waals surface area contributed by atoms with Crippen molar-refractivity contribution in [1.82, 2.24) is 10.6 Å². The monoisotopic (exact) mass is 384 g/mol. The van der Waals surface area contributed by atoms with Crippen LogP contribution in [0.4, 0.5) is 0 Å². The maximum Gasteiger partial charge on any atom is 0.220 e. The summed E-state index contributed by atoms with van der Waals surface area (Å²) in [7, 11) is 1.64. The van der Waals surface area contributed by atoms with Crippen LogP contribution in [0.2, 0.25) is 0 Å². The Morgan fingerprint density at radius 3 is 2.69 bits per heavy atom. The zero-order valence-electron chi connectivity index (χ0n) is 16.3. The van der Waals surface area contributed by atoms with Crippen molar-refractivity contribution in [3.05, 3.63) is 23.8 Å². The highest BCUT2D eigenvalue weighted by atomic mass is 35.5. The van der Waals surface area contributed by atoms with Gasteiger partial charge in [0.05, 0.1) is 19.8 Å². The lowest BCUT2D eigenvalue weighted by Crippen LogP contribution is -2.27. The number of nitrogens with one attached hydrogen (secondary N) is 2. The number of amides is 1. The van der Waals surface area contributed by atoms with Gasteiger partial charge in [0.25, 0.3) is 0 Å². The first-order valence-electron chi connectivity index (χ1n) is 9.30. The lowest BCUT2D eigenvalue weighted by Gasteiger charge is -2.18. The molecule has 0 radical (unpaired) electrons. The zero-order chi connectivity index (χ0) is 18.2. The predicted molar refractivity (Wildman–Crippen MR) is 107 cm³/mol. The SMILES string of the molecule is COc1cc(C(C)NC(=O)CCC2CCNC2)ccc1OCC(C)C.Cl. The Morgan fingerprint density at radius 1 is 1.31 bits per heavy atom. The van der Waals surface area contributed by atoms with Crippen LogP contribution in [0.3, 0.4) is 0 Å². The van der Waals surface area contributed by atoms with E-state index in [1.54, 1.807) is 7.11 Å². The van der Waals surface area contributed by atoms with Gasteiger partial charge in [-0.25, -0.2) is 0 Å². The highest BCUT2D eigenvalue weighted by molar-refractivity contribution is 5.85. The number of halogens is 1. The maximum absolute atomic E-state index is 12.2. The summed E-state index contributed by atoms with van der Waals surface area (Å²) < 4.78 is 11.2. The van der Waals surface area contributed by atoms with E-state index in [4.69, 9.17) is 9.47 Å². The first-order chi connectivity index (χ1) is 12.0. The van der Waals surface area contributed by atoms with Crippen molar-refractivity contribution in [3.63, 3.8) is 0 Å². The Hall–Kier alpha value is -1.46. The molecule has 1 heterocycles. The molecule has 5 nitrogen and oxygen atoms in total. The highest BCUT2D eigenvalue weighted by Crippen LogP contribution is 2.30. The number of carbonyl (C=O) groups is 1. The van der Waals surface area contributed by atoms with Gasteiger partial charge in [-0.05, 0) is 62.4 Å². The Balaban J connectivity index is 0.00000338. The molecule has 2 rings (SSSR count). The molecular formula is C20H33ClN2O3. The second kappa shape index (κ2) is 11.3. The van der Waals surface area contributed by atoms with Gasteiger partial charge in [0, 0.05) is 6.42 Å². The smallest absolute Gasteiger partial charge is 0.220 e. The second-order valence-electron chi connectivity index (χ2n) is 7.30. The molecule has 1 aliphatic heterocycles. The van der Waals surface area contributed by atoms with Crippen LogP contribution in [0.1, 0.15) is 51.6 Å². The topological polar surface area (TPSA) is 59.6 Å². The molecular weight excluding hydrogens is 352 g/mol. The lowest BCUT2D eigenvalue weighted by atomic mass is 10.0. The molecule has 0 aromatic heterocycles. The summed E-state index contributed by atoms with van der Waals surface area (Å²) in [6.07, 6.45) is 2.72. The third-order valence-corrected chi connectivity index (χ3v) is 4.58. The largest absolute Gasteiger partial charge is 0.493 e. The number of methoxy groups -OCH3 is 1. The van der Waals surface area contributed by atoms with Crippen molar-refractivity contribution in [3.8, 4) is 11.5 Å². The summed E-state index contributed by atoms with van der Waals surface area (Å²) in [6.45, 7) is 8.99. The first kappa shape index (κ1) is 22.6. The summed E-state index contributed by atoms with van der Waals surface area (Å²) in [5.74, 6) is 2.65. The first-order valence-corrected chi connectivity index (χ1v) is 9.30. The average molecular weight is 385 g/mol. The van der Waals surface area contributed by atoms with E-state index in [0.717, 1.165) is 30.8 Å². The summed E-state index contributed by atoms with van der Waals surface area (Å²) in [4.78, 5) is 12.2. The minimum Gasteiger partial charge on any atom is -0.493 e. The molecule has 0 bridgehead atoms. The molecule has 1 saturated heterocycles. The predicted octanol–water partition coefficient (Wildman–Crippen LogP) is 3.72. The zero-order valence-corrected chi connectivity index (χ0v) is 17.2. The van der Waals surface area contributed by atoms with Crippen molar-refractivity contribution >= 4 is 18.3 Å². The van der Waals surface area contributed by atoms with Crippen LogP contribution in [0.15, 0.2) is 18.2 Å². The fourth-order valence-corrected chi connectivity index (χ4v) is 3.02. The Morgan fingerprint density at radius 2 is 2.08 bits per heavy atom. The second-order valence-corrected chi connectivity index (χ2v) is 7.30. The molecule has 0 saturated carbocycles. The molecule has 0 spiro atoms. The van der Waals surface area contributed by atoms with Crippen LogP contribution in [-0.4, -0.2) is 32.7 Å². The Labute approximate surface area is 163 Å². The van der Waals surface area contributed by atoms with Gasteiger partial charge in [0.1, 0.15) is 0 Å². The Kier molecular flexibility index (Phi) is 9.81. The van der Waals surface area contributed by atoms with Crippen molar-refractivity contribution in [2.45, 2.75) is 46.1 Å². The van der Waals surface area contributed by atoms with Crippen molar-refractivity contribution in [2.24, 2.45) is 11.8 Å². The highest BCUT2D eigenvalue weighted by Gasteiger charge is 2.17. The fraction of sp³-hybridized carbons (Fsp3) is 0.650. The number of benzene rings is 1. The van der Waals surface area contributed by atoms with E-state index in [9.17, 15) is 4.79 Å². The van der Waals surface area contributed by atoms with E-state index in [0.29, 0.717) is 30.6 Å². The van der Waals surface area contributed by atoms with Gasteiger partial charge < -0.3 is 20.1 Å². The van der Waals surface area contributed by atoms with E-state index in [1.807, 2.05) is 25.1 Å². The van der Waals surface area contributed by atoms with Gasteiger partial charge >= 0.3 is 0 Å². The number of hydrogen-bond donors (Lipinski definition) is 2. The summed E-state index contributed by atoms with van der Waals surface area (Å²) in [5.41, 5.74) is 1.02. The van der Waals surface area contributed by atoms with Gasteiger partial charge in [-0.3, -0.25) is 4.79 Å². The lowest BCUT2D eigenvalue weighted by molar-refractivity contribution is -0.122. The fourth-order valence-electron chi connectivity index (χ4n) is 3.02. The minimum absolute atomic E-state index is 0. The molecule has 1 aromatic rings. The minimum atomic E-state index is -0.0535. The van der Waals surface area contributed by atoms with Crippen LogP contribution >= 0.6 is 12.4 Å². The number of rotatable bonds is 9. The van der Waals surface area contributed by atoms with E-state index in [1.165, 1.54) is 6.42 Å². The van der Waals surface area contributed by atoms with Crippen LogP contribution in [0.5, 0.6) is 11.5 Å². The molecule has 2 N–H and O–H groups in total. The molecule has 2 unspecified atom stereocenters. The number of hydrogen-bond acceptors (Lipinski definition) is 4. The van der Waals surface area contributed by atoms with Gasteiger partial charge in [0.2, 0.25) is 5.91 Å². The average Bonchev–Trinajstić information content (AvgIpc) is 3.11. The number of carbonyl (C=O) groups excluding carboxylic acids is 1. The van der Waals surface area contributed by atoms with Crippen molar-refractivity contribution < 1.29 is 14.3 Å². The quantitative estimate of drug-likeness (QED) is 0.681.